The molecule has 0 saturated carbocycles. The van der Waals surface area contributed by atoms with Crippen molar-refractivity contribution in [2.24, 2.45) is 5.10 Å². The summed E-state index contributed by atoms with van der Waals surface area (Å²) in [6.45, 7) is 0.166. The van der Waals surface area contributed by atoms with Gasteiger partial charge >= 0.3 is 0 Å². The van der Waals surface area contributed by atoms with Crippen molar-refractivity contribution in [3.05, 3.63) is 60.8 Å². The van der Waals surface area contributed by atoms with Gasteiger partial charge in [0.2, 0.25) is 0 Å². The Bertz CT molecular complexity index is 816. The number of rotatable bonds is 5. The Morgan fingerprint density at radius 3 is 3.09 bits per heavy atom. The van der Waals surface area contributed by atoms with Crippen LogP contribution >= 0.6 is 0 Å². The molecule has 1 amide bonds. The average Bonchev–Trinajstić information content (AvgIpc) is 3.17. The largest absolute Gasteiger partial charge is 0.465 e. The van der Waals surface area contributed by atoms with Crippen LogP contribution in [0, 0.1) is 0 Å². The van der Waals surface area contributed by atoms with Crippen molar-refractivity contribution in [3.8, 4) is 0 Å². The Morgan fingerprint density at radius 1 is 1.32 bits per heavy atom. The maximum atomic E-state index is 11.8. The number of imidazole rings is 1. The van der Waals surface area contributed by atoms with Gasteiger partial charge in [-0.2, -0.15) is 5.10 Å². The second-order valence-corrected chi connectivity index (χ2v) is 4.55. The van der Waals surface area contributed by atoms with E-state index in [9.17, 15) is 4.79 Å². The van der Waals surface area contributed by atoms with Crippen LogP contribution in [0.5, 0.6) is 0 Å². The summed E-state index contributed by atoms with van der Waals surface area (Å²) in [7, 11) is 0. The summed E-state index contributed by atoms with van der Waals surface area (Å²) < 4.78 is 6.90. The normalized spacial score (nSPS) is 11.6. The van der Waals surface area contributed by atoms with Crippen LogP contribution in [-0.2, 0) is 11.3 Å². The number of fused-ring (bicyclic) bond motifs is 1. The Hall–Kier alpha value is -3.15. The lowest BCUT2D eigenvalue weighted by atomic mass is 10.3. The molecule has 22 heavy (non-hydrogen) atoms. The van der Waals surface area contributed by atoms with E-state index in [0.29, 0.717) is 0 Å². The zero-order valence-corrected chi connectivity index (χ0v) is 11.7. The summed E-state index contributed by atoms with van der Waals surface area (Å²) in [6, 6.07) is 11.3. The molecular formula is C16H14N4O2. The van der Waals surface area contributed by atoms with Crippen LogP contribution in [-0.4, -0.2) is 21.7 Å². The van der Waals surface area contributed by atoms with Crippen LogP contribution in [0.15, 0.2) is 64.6 Å². The van der Waals surface area contributed by atoms with E-state index in [4.69, 9.17) is 4.42 Å². The molecule has 110 valence electrons. The molecule has 0 aliphatic rings. The number of carbonyl (C=O) groups excluding carboxylic acids is 1. The number of benzene rings is 1. The van der Waals surface area contributed by atoms with Gasteiger partial charge in [0.15, 0.2) is 0 Å². The van der Waals surface area contributed by atoms with Crippen molar-refractivity contribution in [2.75, 3.05) is 0 Å². The summed E-state index contributed by atoms with van der Waals surface area (Å²) in [6.07, 6.45) is 8.16. The molecule has 0 spiro atoms. The molecule has 0 radical (unpaired) electrons. The highest BCUT2D eigenvalue weighted by molar-refractivity contribution is 5.82. The summed E-state index contributed by atoms with van der Waals surface area (Å²) in [5, 5.41) is 3.84. The van der Waals surface area contributed by atoms with Gasteiger partial charge in [0.25, 0.3) is 5.91 Å². The Kier molecular flexibility index (Phi) is 4.10. The molecule has 1 N–H and O–H groups in total. The minimum absolute atomic E-state index is 0.166. The second-order valence-electron chi connectivity index (χ2n) is 4.55. The second kappa shape index (κ2) is 6.53. The molecule has 0 unspecified atom stereocenters. The Morgan fingerprint density at radius 2 is 2.23 bits per heavy atom. The quantitative estimate of drug-likeness (QED) is 0.580. The molecule has 0 saturated heterocycles. The van der Waals surface area contributed by atoms with Gasteiger partial charge in [-0.25, -0.2) is 10.4 Å². The first-order valence-electron chi connectivity index (χ1n) is 6.75. The van der Waals surface area contributed by atoms with Gasteiger partial charge in [-0.05, 0) is 36.4 Å². The Labute approximate surface area is 126 Å². The highest BCUT2D eigenvalue weighted by Crippen LogP contribution is 2.11. The zero-order chi connectivity index (χ0) is 15.2. The predicted octanol–water partition coefficient (Wildman–Crippen LogP) is 2.44. The number of aromatic nitrogens is 2. The lowest BCUT2D eigenvalue weighted by molar-refractivity contribution is -0.121. The number of hydrogen-bond donors (Lipinski definition) is 1. The van der Waals surface area contributed by atoms with Crippen LogP contribution in [0.3, 0.4) is 0 Å². The van der Waals surface area contributed by atoms with Gasteiger partial charge in [-0.1, -0.05) is 12.1 Å². The number of allylic oxidation sites excluding steroid dienone is 1. The number of nitrogens with one attached hydrogen (secondary N) is 1. The first kappa shape index (κ1) is 13.8. The third kappa shape index (κ3) is 3.29. The molecule has 3 aromatic rings. The number of amides is 1. The summed E-state index contributed by atoms with van der Waals surface area (Å²) >= 11 is 0. The molecule has 0 fully saturated rings. The van der Waals surface area contributed by atoms with Gasteiger partial charge in [-0.15, -0.1) is 0 Å². The number of carbonyl (C=O) groups is 1. The molecule has 6 nitrogen and oxygen atoms in total. The van der Waals surface area contributed by atoms with Crippen LogP contribution in [0.25, 0.3) is 17.1 Å². The first-order chi connectivity index (χ1) is 10.8. The molecule has 2 heterocycles. The summed E-state index contributed by atoms with van der Waals surface area (Å²) in [4.78, 5) is 16.1. The molecule has 3 rings (SSSR count). The fraction of sp³-hybridized carbons (Fsp3) is 0.0625. The highest BCUT2D eigenvalue weighted by atomic mass is 16.3. The van der Waals surface area contributed by atoms with Crippen molar-refractivity contribution in [3.63, 3.8) is 0 Å². The molecule has 1 aromatic carbocycles. The van der Waals surface area contributed by atoms with Gasteiger partial charge in [-0.3, -0.25) is 4.79 Å². The average molecular weight is 294 g/mol. The lowest BCUT2D eigenvalue weighted by Crippen LogP contribution is -2.22. The van der Waals surface area contributed by atoms with Crippen molar-refractivity contribution in [1.82, 2.24) is 15.0 Å². The van der Waals surface area contributed by atoms with E-state index >= 15 is 0 Å². The topological polar surface area (TPSA) is 72.4 Å². The first-order valence-corrected chi connectivity index (χ1v) is 6.75. The molecule has 0 atom stereocenters. The van der Waals surface area contributed by atoms with E-state index in [1.165, 1.54) is 6.21 Å². The van der Waals surface area contributed by atoms with Crippen LogP contribution in [0.1, 0.15) is 5.76 Å². The van der Waals surface area contributed by atoms with Gasteiger partial charge in [0.05, 0.1) is 23.6 Å². The zero-order valence-electron chi connectivity index (χ0n) is 11.7. The third-order valence-corrected chi connectivity index (χ3v) is 2.99. The van der Waals surface area contributed by atoms with E-state index in [-0.39, 0.29) is 12.5 Å². The summed E-state index contributed by atoms with van der Waals surface area (Å²) in [5.74, 6) is 0.508. The van der Waals surface area contributed by atoms with Gasteiger partial charge in [0.1, 0.15) is 12.3 Å². The third-order valence-electron chi connectivity index (χ3n) is 2.99. The van der Waals surface area contributed by atoms with E-state index in [1.54, 1.807) is 35.4 Å². The fourth-order valence-electron chi connectivity index (χ4n) is 2.00. The Balaban J connectivity index is 1.54. The van der Waals surface area contributed by atoms with Crippen LogP contribution < -0.4 is 5.43 Å². The standard InChI is InChI=1S/C16H14N4O2/c21-16(19-18-9-3-5-13-6-4-10-22-13)11-20-12-17-14-7-1-2-8-15(14)20/h1-10,12H,11H2,(H,19,21)/b5-3-,18-9?. The fourth-order valence-corrected chi connectivity index (χ4v) is 2.00. The SMILES string of the molecule is O=C(Cn1cnc2ccccc21)NN=C/C=C\c1ccco1. The van der Waals surface area contributed by atoms with Crippen LogP contribution in [0.4, 0.5) is 0 Å². The number of hydrazone groups is 1. The van der Waals surface area contributed by atoms with E-state index in [1.807, 2.05) is 30.3 Å². The predicted molar refractivity (Wildman–Crippen MR) is 84.1 cm³/mol. The van der Waals surface area contributed by atoms with E-state index in [2.05, 4.69) is 15.5 Å². The van der Waals surface area contributed by atoms with Gasteiger partial charge < -0.3 is 8.98 Å². The van der Waals surface area contributed by atoms with Crippen molar-refractivity contribution >= 4 is 29.2 Å². The molecule has 0 bridgehead atoms. The molecule has 0 aliphatic heterocycles. The molecule has 6 heteroatoms. The monoisotopic (exact) mass is 294 g/mol. The van der Waals surface area contributed by atoms with E-state index in [0.717, 1.165) is 16.8 Å². The van der Waals surface area contributed by atoms with Crippen molar-refractivity contribution in [1.29, 1.82) is 0 Å². The smallest absolute Gasteiger partial charge is 0.260 e. The van der Waals surface area contributed by atoms with E-state index < -0.39 is 0 Å². The summed E-state index contributed by atoms with van der Waals surface area (Å²) in [5.41, 5.74) is 4.24. The van der Waals surface area contributed by atoms with Gasteiger partial charge in [0, 0.05) is 6.21 Å². The number of para-hydroxylation sites is 2. The number of nitrogens with zero attached hydrogens (tertiary/aromatic N) is 3. The molecule has 0 aliphatic carbocycles. The minimum Gasteiger partial charge on any atom is -0.465 e. The molecule has 2 aromatic heterocycles. The minimum atomic E-state index is -0.217. The maximum Gasteiger partial charge on any atom is 0.260 e. The van der Waals surface area contributed by atoms with Crippen LogP contribution in [0.2, 0.25) is 0 Å². The maximum absolute atomic E-state index is 11.8. The number of furan rings is 1. The highest BCUT2D eigenvalue weighted by Gasteiger charge is 2.05. The lowest BCUT2D eigenvalue weighted by Gasteiger charge is -2.02. The molecular weight excluding hydrogens is 280 g/mol. The van der Waals surface area contributed by atoms with Crippen molar-refractivity contribution < 1.29 is 9.21 Å². The van der Waals surface area contributed by atoms with Crippen molar-refractivity contribution in [2.45, 2.75) is 6.54 Å². The number of hydrogen-bond acceptors (Lipinski definition) is 4.